The molecule has 1 amide bonds. The van der Waals surface area contributed by atoms with Crippen molar-refractivity contribution in [2.75, 3.05) is 39.4 Å². The van der Waals surface area contributed by atoms with Gasteiger partial charge in [-0.15, -0.1) is 11.3 Å². The summed E-state index contributed by atoms with van der Waals surface area (Å²) in [4.78, 5) is 15.1. The smallest absolute Gasteiger partial charge is 0.225 e. The van der Waals surface area contributed by atoms with Crippen LogP contribution in [0, 0.1) is 0 Å². The van der Waals surface area contributed by atoms with Crippen molar-refractivity contribution < 1.29 is 9.53 Å². The van der Waals surface area contributed by atoms with Crippen LogP contribution >= 0.6 is 11.3 Å². The molecule has 1 aliphatic rings. The number of nitrogens with zero attached hydrogens (tertiary/aromatic N) is 1. The topological polar surface area (TPSA) is 41.6 Å². The van der Waals surface area contributed by atoms with Crippen molar-refractivity contribution >= 4 is 17.2 Å². The standard InChI is InChI=1S/C13H20N2O2S/c16-13(11-12-3-1-10-18-12)14-4-2-5-15-6-8-17-9-7-15/h1,3,10H,2,4-9,11H2,(H,14,16). The Hall–Kier alpha value is -0.910. The Balaban J connectivity index is 1.53. The third kappa shape index (κ3) is 4.76. The largest absolute Gasteiger partial charge is 0.379 e. The zero-order valence-electron chi connectivity index (χ0n) is 10.6. The fourth-order valence-electron chi connectivity index (χ4n) is 1.99. The number of ether oxygens (including phenoxy) is 1. The summed E-state index contributed by atoms with van der Waals surface area (Å²) in [5, 5.41) is 4.97. The summed E-state index contributed by atoms with van der Waals surface area (Å²) >= 11 is 1.63. The molecule has 1 aromatic rings. The molecule has 1 N–H and O–H groups in total. The van der Waals surface area contributed by atoms with E-state index in [1.54, 1.807) is 11.3 Å². The van der Waals surface area contributed by atoms with Gasteiger partial charge in [0.2, 0.25) is 5.91 Å². The third-order valence-electron chi connectivity index (χ3n) is 2.99. The number of nitrogens with one attached hydrogen (secondary N) is 1. The molecule has 2 rings (SSSR count). The van der Waals surface area contributed by atoms with E-state index in [0.29, 0.717) is 6.42 Å². The van der Waals surface area contributed by atoms with Gasteiger partial charge in [-0.05, 0) is 24.4 Å². The molecule has 100 valence electrons. The normalized spacial score (nSPS) is 16.7. The van der Waals surface area contributed by atoms with E-state index in [1.165, 1.54) is 0 Å². The lowest BCUT2D eigenvalue weighted by Gasteiger charge is -2.26. The Bertz CT molecular complexity index is 348. The number of carbonyl (C=O) groups is 1. The van der Waals surface area contributed by atoms with Gasteiger partial charge in [0.05, 0.1) is 19.6 Å². The van der Waals surface area contributed by atoms with Crippen LogP contribution in [0.5, 0.6) is 0 Å². The predicted molar refractivity (Wildman–Crippen MR) is 72.9 cm³/mol. The van der Waals surface area contributed by atoms with Crippen LogP contribution in [0.15, 0.2) is 17.5 Å². The van der Waals surface area contributed by atoms with Crippen LogP contribution in [0.4, 0.5) is 0 Å². The van der Waals surface area contributed by atoms with Crippen LogP contribution in [0.1, 0.15) is 11.3 Å². The Morgan fingerprint density at radius 3 is 3.00 bits per heavy atom. The van der Waals surface area contributed by atoms with Crippen molar-refractivity contribution in [3.05, 3.63) is 22.4 Å². The number of morpholine rings is 1. The second-order valence-corrected chi connectivity index (χ2v) is 5.45. The minimum Gasteiger partial charge on any atom is -0.379 e. The van der Waals surface area contributed by atoms with E-state index in [1.807, 2.05) is 17.5 Å². The molecule has 0 unspecified atom stereocenters. The Labute approximate surface area is 112 Å². The highest BCUT2D eigenvalue weighted by Crippen LogP contribution is 2.08. The minimum atomic E-state index is 0.124. The number of carbonyl (C=O) groups excluding carboxylic acids is 1. The Kier molecular flexibility index (Phi) is 5.64. The van der Waals surface area contributed by atoms with Crippen molar-refractivity contribution in [1.29, 1.82) is 0 Å². The first kappa shape index (κ1) is 13.5. The molecule has 1 aliphatic heterocycles. The molecule has 0 aliphatic carbocycles. The lowest BCUT2D eigenvalue weighted by atomic mass is 10.3. The van der Waals surface area contributed by atoms with Crippen molar-refractivity contribution in [1.82, 2.24) is 10.2 Å². The molecule has 1 fully saturated rings. The highest BCUT2D eigenvalue weighted by molar-refractivity contribution is 7.10. The van der Waals surface area contributed by atoms with Gasteiger partial charge in [-0.3, -0.25) is 9.69 Å². The minimum absolute atomic E-state index is 0.124. The molecule has 0 atom stereocenters. The van der Waals surface area contributed by atoms with E-state index >= 15 is 0 Å². The van der Waals surface area contributed by atoms with Crippen LogP contribution in [-0.2, 0) is 16.0 Å². The zero-order valence-corrected chi connectivity index (χ0v) is 11.4. The van der Waals surface area contributed by atoms with Gasteiger partial charge in [0, 0.05) is 24.5 Å². The maximum Gasteiger partial charge on any atom is 0.225 e. The summed E-state index contributed by atoms with van der Waals surface area (Å²) in [5.74, 6) is 0.124. The molecule has 1 saturated heterocycles. The molecule has 1 aromatic heterocycles. The van der Waals surface area contributed by atoms with Gasteiger partial charge in [0.1, 0.15) is 0 Å². The summed E-state index contributed by atoms with van der Waals surface area (Å²) < 4.78 is 5.29. The Morgan fingerprint density at radius 2 is 2.28 bits per heavy atom. The quantitative estimate of drug-likeness (QED) is 0.786. The zero-order chi connectivity index (χ0) is 12.6. The first-order valence-corrected chi connectivity index (χ1v) is 7.32. The van der Waals surface area contributed by atoms with E-state index < -0.39 is 0 Å². The Morgan fingerprint density at radius 1 is 1.44 bits per heavy atom. The molecular formula is C13H20N2O2S. The molecule has 0 radical (unpaired) electrons. The van der Waals surface area contributed by atoms with Gasteiger partial charge in [-0.2, -0.15) is 0 Å². The fraction of sp³-hybridized carbons (Fsp3) is 0.615. The summed E-state index contributed by atoms with van der Waals surface area (Å²) in [5.41, 5.74) is 0. The van der Waals surface area contributed by atoms with Crippen LogP contribution in [0.3, 0.4) is 0 Å². The molecule has 18 heavy (non-hydrogen) atoms. The van der Waals surface area contributed by atoms with E-state index in [9.17, 15) is 4.79 Å². The molecule has 0 aromatic carbocycles. The summed E-state index contributed by atoms with van der Waals surface area (Å²) in [6.45, 7) is 5.52. The summed E-state index contributed by atoms with van der Waals surface area (Å²) in [6.07, 6.45) is 1.52. The molecule has 5 heteroatoms. The van der Waals surface area contributed by atoms with Gasteiger partial charge >= 0.3 is 0 Å². The second-order valence-electron chi connectivity index (χ2n) is 4.41. The van der Waals surface area contributed by atoms with E-state index in [0.717, 1.165) is 50.7 Å². The number of thiophene rings is 1. The maximum absolute atomic E-state index is 11.6. The average molecular weight is 268 g/mol. The average Bonchev–Trinajstić information content (AvgIpc) is 2.89. The van der Waals surface area contributed by atoms with E-state index in [4.69, 9.17) is 4.74 Å². The first-order chi connectivity index (χ1) is 8.84. The van der Waals surface area contributed by atoms with Gasteiger partial charge in [-0.25, -0.2) is 0 Å². The molecular weight excluding hydrogens is 248 g/mol. The SMILES string of the molecule is O=C(Cc1cccs1)NCCCN1CCOCC1. The molecule has 2 heterocycles. The van der Waals surface area contributed by atoms with Crippen LogP contribution in [0.2, 0.25) is 0 Å². The summed E-state index contributed by atoms with van der Waals surface area (Å²) in [7, 11) is 0. The molecule has 4 nitrogen and oxygen atoms in total. The molecule has 0 saturated carbocycles. The number of rotatable bonds is 6. The monoisotopic (exact) mass is 268 g/mol. The maximum atomic E-state index is 11.6. The lowest BCUT2D eigenvalue weighted by molar-refractivity contribution is -0.120. The third-order valence-corrected chi connectivity index (χ3v) is 3.87. The second kappa shape index (κ2) is 7.51. The van der Waals surface area contributed by atoms with Crippen LogP contribution < -0.4 is 5.32 Å². The van der Waals surface area contributed by atoms with Gasteiger partial charge in [0.25, 0.3) is 0 Å². The van der Waals surface area contributed by atoms with Crippen LogP contribution in [-0.4, -0.2) is 50.2 Å². The van der Waals surface area contributed by atoms with Gasteiger partial charge < -0.3 is 10.1 Å². The molecule has 0 spiro atoms. The highest BCUT2D eigenvalue weighted by Gasteiger charge is 2.09. The molecule has 0 bridgehead atoms. The lowest BCUT2D eigenvalue weighted by Crippen LogP contribution is -2.38. The van der Waals surface area contributed by atoms with Crippen molar-refractivity contribution in [2.45, 2.75) is 12.8 Å². The van der Waals surface area contributed by atoms with Crippen molar-refractivity contribution in [3.63, 3.8) is 0 Å². The van der Waals surface area contributed by atoms with Crippen molar-refractivity contribution in [3.8, 4) is 0 Å². The number of hydrogen-bond acceptors (Lipinski definition) is 4. The summed E-state index contributed by atoms with van der Waals surface area (Å²) in [6, 6.07) is 3.98. The van der Waals surface area contributed by atoms with E-state index in [2.05, 4.69) is 10.2 Å². The van der Waals surface area contributed by atoms with E-state index in [-0.39, 0.29) is 5.91 Å². The highest BCUT2D eigenvalue weighted by atomic mass is 32.1. The van der Waals surface area contributed by atoms with Crippen molar-refractivity contribution in [2.24, 2.45) is 0 Å². The van der Waals surface area contributed by atoms with Crippen LogP contribution in [0.25, 0.3) is 0 Å². The number of amides is 1. The predicted octanol–water partition coefficient (Wildman–Crippen LogP) is 1.13. The van der Waals surface area contributed by atoms with Gasteiger partial charge in [-0.1, -0.05) is 6.07 Å². The number of hydrogen-bond donors (Lipinski definition) is 1. The first-order valence-electron chi connectivity index (χ1n) is 6.44. The van der Waals surface area contributed by atoms with Gasteiger partial charge in [0.15, 0.2) is 0 Å². The fourth-order valence-corrected chi connectivity index (χ4v) is 2.69.